The smallest absolute Gasteiger partial charge is 0.236 e. The predicted molar refractivity (Wildman–Crippen MR) is 73.7 cm³/mol. The molecule has 5 heteroatoms. The maximum absolute atomic E-state index is 12.4. The minimum atomic E-state index is 0.132. The van der Waals surface area contributed by atoms with Crippen molar-refractivity contribution < 1.29 is 9.59 Å². The van der Waals surface area contributed by atoms with Crippen molar-refractivity contribution in [1.82, 2.24) is 15.1 Å². The fourth-order valence-electron chi connectivity index (χ4n) is 3.05. The normalized spacial score (nSPS) is 21.5. The molecule has 1 heterocycles. The number of amides is 2. The van der Waals surface area contributed by atoms with E-state index in [2.05, 4.69) is 5.32 Å². The van der Waals surface area contributed by atoms with Crippen LogP contribution in [0.4, 0.5) is 0 Å². The van der Waals surface area contributed by atoms with E-state index in [9.17, 15) is 9.59 Å². The molecule has 1 saturated carbocycles. The van der Waals surface area contributed by atoms with Gasteiger partial charge in [0.25, 0.3) is 0 Å². The number of piperazine rings is 1. The molecule has 0 aromatic carbocycles. The molecular formula is C14H25N3O2. The van der Waals surface area contributed by atoms with Crippen LogP contribution in [0.15, 0.2) is 0 Å². The van der Waals surface area contributed by atoms with Crippen molar-refractivity contribution in [3.05, 3.63) is 0 Å². The first-order valence-electron chi connectivity index (χ1n) is 7.43. The number of nitrogens with one attached hydrogen (secondary N) is 1. The molecule has 0 unspecified atom stereocenters. The Morgan fingerprint density at radius 2 is 1.58 bits per heavy atom. The third kappa shape index (κ3) is 3.69. The molecule has 5 nitrogen and oxygen atoms in total. The summed E-state index contributed by atoms with van der Waals surface area (Å²) in [4.78, 5) is 27.9. The van der Waals surface area contributed by atoms with Gasteiger partial charge < -0.3 is 15.1 Å². The van der Waals surface area contributed by atoms with E-state index in [4.69, 9.17) is 0 Å². The summed E-state index contributed by atoms with van der Waals surface area (Å²) in [6.07, 6.45) is 5.76. The number of nitrogens with zero attached hydrogens (tertiary/aromatic N) is 2. The molecule has 1 N–H and O–H groups in total. The van der Waals surface area contributed by atoms with Gasteiger partial charge >= 0.3 is 0 Å². The zero-order chi connectivity index (χ0) is 13.7. The third-order valence-electron chi connectivity index (χ3n) is 4.23. The predicted octanol–water partition coefficient (Wildman–Crippen LogP) is 0.457. The average molecular weight is 267 g/mol. The van der Waals surface area contributed by atoms with E-state index in [1.165, 1.54) is 19.3 Å². The lowest BCUT2D eigenvalue weighted by atomic mass is 9.88. The van der Waals surface area contributed by atoms with Crippen molar-refractivity contribution in [1.29, 1.82) is 0 Å². The fraction of sp³-hybridized carbons (Fsp3) is 0.857. The molecule has 2 rings (SSSR count). The van der Waals surface area contributed by atoms with Crippen LogP contribution in [0, 0.1) is 5.92 Å². The molecule has 0 atom stereocenters. The van der Waals surface area contributed by atoms with Crippen LogP contribution in [0.1, 0.15) is 32.1 Å². The monoisotopic (exact) mass is 267 g/mol. The molecule has 2 amide bonds. The molecule has 0 aromatic rings. The summed E-state index contributed by atoms with van der Waals surface area (Å²) >= 11 is 0. The van der Waals surface area contributed by atoms with Gasteiger partial charge in [-0.2, -0.15) is 0 Å². The lowest BCUT2D eigenvalue weighted by Crippen LogP contribution is -2.53. The van der Waals surface area contributed by atoms with Gasteiger partial charge in [-0.1, -0.05) is 19.3 Å². The van der Waals surface area contributed by atoms with Crippen molar-refractivity contribution >= 4 is 11.8 Å². The molecule has 2 aliphatic rings. The highest BCUT2D eigenvalue weighted by Crippen LogP contribution is 2.25. The van der Waals surface area contributed by atoms with E-state index in [1.807, 2.05) is 9.80 Å². The highest BCUT2D eigenvalue weighted by molar-refractivity contribution is 5.80. The summed E-state index contributed by atoms with van der Waals surface area (Å²) < 4.78 is 0. The van der Waals surface area contributed by atoms with Crippen molar-refractivity contribution in [2.45, 2.75) is 32.1 Å². The zero-order valence-electron chi connectivity index (χ0n) is 11.9. The van der Waals surface area contributed by atoms with Crippen LogP contribution in [0.5, 0.6) is 0 Å². The number of carbonyl (C=O) groups excluding carboxylic acids is 2. The van der Waals surface area contributed by atoms with Gasteiger partial charge in [-0.3, -0.25) is 9.59 Å². The van der Waals surface area contributed by atoms with E-state index in [0.29, 0.717) is 38.6 Å². The molecule has 0 aromatic heterocycles. The zero-order valence-corrected chi connectivity index (χ0v) is 11.9. The molecule has 0 radical (unpaired) electrons. The summed E-state index contributed by atoms with van der Waals surface area (Å²) in [5.74, 6) is 0.695. The van der Waals surface area contributed by atoms with E-state index >= 15 is 0 Å². The summed E-state index contributed by atoms with van der Waals surface area (Å²) in [5.41, 5.74) is 0. The first-order valence-corrected chi connectivity index (χ1v) is 7.43. The lowest BCUT2D eigenvalue weighted by Gasteiger charge is -2.37. The summed E-state index contributed by atoms with van der Waals surface area (Å²) in [6, 6.07) is 0. The number of likely N-dealkylation sites (N-methyl/N-ethyl adjacent to an activating group) is 1. The maximum atomic E-state index is 12.4. The molecule has 1 aliphatic carbocycles. The van der Waals surface area contributed by atoms with Gasteiger partial charge in [0.1, 0.15) is 0 Å². The second kappa shape index (κ2) is 6.89. The minimum Gasteiger partial charge on any atom is -0.339 e. The molecule has 0 bridgehead atoms. The Balaban J connectivity index is 1.79. The van der Waals surface area contributed by atoms with Crippen molar-refractivity contribution in [3.63, 3.8) is 0 Å². The molecular weight excluding hydrogens is 242 g/mol. The van der Waals surface area contributed by atoms with Crippen LogP contribution in [0.2, 0.25) is 0 Å². The Morgan fingerprint density at radius 1 is 1.00 bits per heavy atom. The Labute approximate surface area is 115 Å². The maximum Gasteiger partial charge on any atom is 0.236 e. The van der Waals surface area contributed by atoms with Crippen LogP contribution in [-0.2, 0) is 9.59 Å². The fourth-order valence-corrected chi connectivity index (χ4v) is 3.05. The van der Waals surface area contributed by atoms with Gasteiger partial charge in [-0.05, 0) is 19.9 Å². The second-order valence-electron chi connectivity index (χ2n) is 5.57. The van der Waals surface area contributed by atoms with Gasteiger partial charge in [-0.25, -0.2) is 0 Å². The standard InChI is InChI=1S/C14H25N3O2/c1-15-11-13(18)16-7-9-17(10-8-16)14(19)12-5-3-2-4-6-12/h12,15H,2-11H2,1H3. The Morgan fingerprint density at radius 3 is 2.16 bits per heavy atom. The first kappa shape index (κ1) is 14.3. The van der Waals surface area contributed by atoms with Gasteiger partial charge in [0.2, 0.25) is 11.8 Å². The average Bonchev–Trinajstić information content (AvgIpc) is 2.48. The second-order valence-corrected chi connectivity index (χ2v) is 5.57. The molecule has 1 aliphatic heterocycles. The summed E-state index contributed by atoms with van der Waals surface area (Å²) in [7, 11) is 1.78. The Kier molecular flexibility index (Phi) is 5.19. The third-order valence-corrected chi connectivity index (χ3v) is 4.23. The molecule has 19 heavy (non-hydrogen) atoms. The van der Waals surface area contributed by atoms with E-state index in [1.54, 1.807) is 7.05 Å². The molecule has 2 fully saturated rings. The quantitative estimate of drug-likeness (QED) is 0.808. The van der Waals surface area contributed by atoms with E-state index in [0.717, 1.165) is 12.8 Å². The largest absolute Gasteiger partial charge is 0.339 e. The SMILES string of the molecule is CNCC(=O)N1CCN(C(=O)C2CCCCC2)CC1. The molecule has 0 spiro atoms. The Hall–Kier alpha value is -1.10. The van der Waals surface area contributed by atoms with Gasteiger partial charge in [0.15, 0.2) is 0 Å². The van der Waals surface area contributed by atoms with Gasteiger partial charge in [-0.15, -0.1) is 0 Å². The van der Waals surface area contributed by atoms with Crippen LogP contribution < -0.4 is 5.32 Å². The van der Waals surface area contributed by atoms with E-state index in [-0.39, 0.29) is 11.8 Å². The molecule has 1 saturated heterocycles. The van der Waals surface area contributed by atoms with Crippen molar-refractivity contribution in [2.24, 2.45) is 5.92 Å². The highest BCUT2D eigenvalue weighted by atomic mass is 16.2. The van der Waals surface area contributed by atoms with Crippen LogP contribution in [-0.4, -0.2) is 61.4 Å². The molecule has 108 valence electrons. The van der Waals surface area contributed by atoms with Crippen molar-refractivity contribution in [3.8, 4) is 0 Å². The topological polar surface area (TPSA) is 52.7 Å². The van der Waals surface area contributed by atoms with Crippen LogP contribution in [0.25, 0.3) is 0 Å². The van der Waals surface area contributed by atoms with Crippen molar-refractivity contribution in [2.75, 3.05) is 39.8 Å². The van der Waals surface area contributed by atoms with Gasteiger partial charge in [0.05, 0.1) is 6.54 Å². The summed E-state index contributed by atoms with van der Waals surface area (Å²) in [5, 5.41) is 2.88. The van der Waals surface area contributed by atoms with Crippen LogP contribution in [0.3, 0.4) is 0 Å². The lowest BCUT2D eigenvalue weighted by molar-refractivity contribution is -0.142. The van der Waals surface area contributed by atoms with Gasteiger partial charge in [0, 0.05) is 32.1 Å². The van der Waals surface area contributed by atoms with Crippen LogP contribution >= 0.6 is 0 Å². The minimum absolute atomic E-state index is 0.132. The first-order chi connectivity index (χ1) is 9.22. The number of rotatable bonds is 3. The summed E-state index contributed by atoms with van der Waals surface area (Å²) in [6.45, 7) is 3.14. The number of hydrogen-bond donors (Lipinski definition) is 1. The highest BCUT2D eigenvalue weighted by Gasteiger charge is 2.29. The number of carbonyl (C=O) groups is 2. The Bertz CT molecular complexity index is 319. The van der Waals surface area contributed by atoms with E-state index < -0.39 is 0 Å². The number of hydrogen-bond acceptors (Lipinski definition) is 3.